The number of hydrogen-bond donors (Lipinski definition) is 2. The molecular weight excluding hydrogens is 341 g/mol. The Morgan fingerprint density at radius 1 is 1.27 bits per heavy atom. The molecular formula is C19H18FNO5. The van der Waals surface area contributed by atoms with Gasteiger partial charge in [-0.2, -0.15) is 0 Å². The fourth-order valence-electron chi connectivity index (χ4n) is 2.59. The van der Waals surface area contributed by atoms with Gasteiger partial charge in [-0.25, -0.2) is 9.18 Å². The Kier molecular flexibility index (Phi) is 5.48. The lowest BCUT2D eigenvalue weighted by atomic mass is 9.98. The summed E-state index contributed by atoms with van der Waals surface area (Å²) >= 11 is 0. The molecule has 136 valence electrons. The summed E-state index contributed by atoms with van der Waals surface area (Å²) < 4.78 is 23.3. The number of carbonyl (C=O) groups is 2. The summed E-state index contributed by atoms with van der Waals surface area (Å²) in [5.74, 6) is -0.982. The first-order chi connectivity index (χ1) is 12.5. The molecule has 0 saturated carbocycles. The van der Waals surface area contributed by atoms with Crippen LogP contribution in [0.4, 0.5) is 4.39 Å². The Balaban J connectivity index is 1.46. The monoisotopic (exact) mass is 359 g/mol. The second-order valence-electron chi connectivity index (χ2n) is 5.92. The molecule has 0 unspecified atom stereocenters. The minimum atomic E-state index is -0.962. The van der Waals surface area contributed by atoms with E-state index >= 15 is 0 Å². The number of carbonyl (C=O) groups excluding carboxylic acids is 2. The quantitative estimate of drug-likeness (QED) is 0.763. The van der Waals surface area contributed by atoms with E-state index in [4.69, 9.17) is 9.47 Å². The molecule has 7 heteroatoms. The predicted molar refractivity (Wildman–Crippen MR) is 90.3 cm³/mol. The molecule has 2 aromatic rings. The second-order valence-corrected chi connectivity index (χ2v) is 5.92. The first-order valence-electron chi connectivity index (χ1n) is 8.16. The number of nitrogens with one attached hydrogen (secondary N) is 1. The van der Waals surface area contributed by atoms with Crippen LogP contribution in [-0.2, 0) is 16.0 Å². The predicted octanol–water partition coefficient (Wildman–Crippen LogP) is 1.46. The van der Waals surface area contributed by atoms with Crippen LogP contribution in [0.5, 0.6) is 5.75 Å². The number of benzene rings is 2. The van der Waals surface area contributed by atoms with Crippen LogP contribution >= 0.6 is 0 Å². The number of esters is 1. The van der Waals surface area contributed by atoms with E-state index in [-0.39, 0.29) is 25.4 Å². The molecule has 0 aliphatic carbocycles. The van der Waals surface area contributed by atoms with Crippen molar-refractivity contribution in [2.24, 2.45) is 0 Å². The van der Waals surface area contributed by atoms with E-state index in [1.807, 2.05) is 0 Å². The van der Waals surface area contributed by atoms with E-state index in [0.717, 1.165) is 5.56 Å². The third kappa shape index (κ3) is 4.37. The molecule has 1 heterocycles. The zero-order valence-electron chi connectivity index (χ0n) is 13.9. The summed E-state index contributed by atoms with van der Waals surface area (Å²) in [4.78, 5) is 24.1. The molecule has 2 N–H and O–H groups in total. The van der Waals surface area contributed by atoms with Gasteiger partial charge in [0.15, 0.2) is 6.10 Å². The zero-order valence-corrected chi connectivity index (χ0v) is 13.9. The van der Waals surface area contributed by atoms with Crippen LogP contribution < -0.4 is 10.1 Å². The molecule has 3 rings (SSSR count). The lowest BCUT2D eigenvalue weighted by Gasteiger charge is -2.24. The van der Waals surface area contributed by atoms with Gasteiger partial charge in [0, 0.05) is 13.0 Å². The number of hydrogen-bond acceptors (Lipinski definition) is 5. The van der Waals surface area contributed by atoms with E-state index in [1.165, 1.54) is 24.3 Å². The first kappa shape index (κ1) is 17.9. The van der Waals surface area contributed by atoms with Crippen molar-refractivity contribution in [3.8, 4) is 5.75 Å². The van der Waals surface area contributed by atoms with E-state index in [0.29, 0.717) is 11.3 Å². The van der Waals surface area contributed by atoms with Crippen LogP contribution in [0.2, 0.25) is 0 Å². The number of cyclic esters (lactones) is 1. The van der Waals surface area contributed by atoms with Gasteiger partial charge < -0.3 is 19.9 Å². The highest BCUT2D eigenvalue weighted by Crippen LogP contribution is 2.20. The summed E-state index contributed by atoms with van der Waals surface area (Å²) in [6.45, 7) is -0.130. The molecule has 0 radical (unpaired) electrons. The van der Waals surface area contributed by atoms with Crippen LogP contribution in [0.25, 0.3) is 0 Å². The molecule has 1 amide bonds. The maximum atomic E-state index is 12.8. The average Bonchev–Trinajstić information content (AvgIpc) is 2.65. The van der Waals surface area contributed by atoms with Crippen LogP contribution in [0, 0.1) is 5.82 Å². The normalized spacial score (nSPS) is 17.0. The number of aliphatic hydroxyl groups excluding tert-OH is 1. The number of amides is 1. The molecule has 0 fully saturated rings. The molecule has 0 spiro atoms. The standard InChI is InChI=1S/C19H18FNO5/c20-13-5-7-15(8-6-13)25-11-14(22)10-21-18(23)17-9-12-3-1-2-4-16(12)19(24)26-17/h1-8,14,17,22H,9-11H2,(H,21,23)/t14-,17-/m1/s1. The van der Waals surface area contributed by atoms with E-state index < -0.39 is 24.1 Å². The highest BCUT2D eigenvalue weighted by Gasteiger charge is 2.31. The highest BCUT2D eigenvalue weighted by molar-refractivity contribution is 5.95. The Hall–Kier alpha value is -2.93. The van der Waals surface area contributed by atoms with Crippen molar-refractivity contribution in [2.45, 2.75) is 18.6 Å². The molecule has 0 bridgehead atoms. The van der Waals surface area contributed by atoms with Crippen molar-refractivity contribution in [3.05, 3.63) is 65.5 Å². The summed E-state index contributed by atoms with van der Waals surface area (Å²) in [6.07, 6.45) is -1.60. The number of halogens is 1. The molecule has 0 aromatic heterocycles. The fraction of sp³-hybridized carbons (Fsp3) is 0.263. The average molecular weight is 359 g/mol. The molecule has 2 atom stereocenters. The molecule has 1 aliphatic heterocycles. The maximum Gasteiger partial charge on any atom is 0.339 e. The lowest BCUT2D eigenvalue weighted by Crippen LogP contribution is -2.45. The maximum absolute atomic E-state index is 12.8. The van der Waals surface area contributed by atoms with Gasteiger partial charge in [0.05, 0.1) is 5.56 Å². The van der Waals surface area contributed by atoms with Crippen molar-refractivity contribution in [2.75, 3.05) is 13.2 Å². The molecule has 6 nitrogen and oxygen atoms in total. The van der Waals surface area contributed by atoms with Crippen LogP contribution in [0.1, 0.15) is 15.9 Å². The molecule has 0 saturated heterocycles. The Morgan fingerprint density at radius 2 is 2.00 bits per heavy atom. The summed E-state index contributed by atoms with van der Waals surface area (Å²) in [5.41, 5.74) is 1.22. The fourth-order valence-corrected chi connectivity index (χ4v) is 2.59. The Labute approximate surface area is 149 Å². The van der Waals surface area contributed by atoms with Gasteiger partial charge in [-0.15, -0.1) is 0 Å². The third-order valence-corrected chi connectivity index (χ3v) is 3.95. The third-order valence-electron chi connectivity index (χ3n) is 3.95. The second kappa shape index (κ2) is 7.97. The van der Waals surface area contributed by atoms with E-state index in [9.17, 15) is 19.1 Å². The smallest absolute Gasteiger partial charge is 0.339 e. The minimum Gasteiger partial charge on any atom is -0.491 e. The van der Waals surface area contributed by atoms with Crippen molar-refractivity contribution in [1.29, 1.82) is 0 Å². The number of ether oxygens (including phenoxy) is 2. The van der Waals surface area contributed by atoms with Gasteiger partial charge in [0.1, 0.15) is 24.3 Å². The molecule has 1 aliphatic rings. The van der Waals surface area contributed by atoms with Gasteiger partial charge >= 0.3 is 5.97 Å². The highest BCUT2D eigenvalue weighted by atomic mass is 19.1. The van der Waals surface area contributed by atoms with Crippen LogP contribution in [-0.4, -0.2) is 42.3 Å². The van der Waals surface area contributed by atoms with Gasteiger partial charge in [-0.3, -0.25) is 4.79 Å². The van der Waals surface area contributed by atoms with Gasteiger partial charge in [0.25, 0.3) is 5.91 Å². The number of aliphatic hydroxyl groups is 1. The summed E-state index contributed by atoms with van der Waals surface area (Å²) in [6, 6.07) is 12.3. The van der Waals surface area contributed by atoms with Gasteiger partial charge in [-0.1, -0.05) is 18.2 Å². The van der Waals surface area contributed by atoms with Crippen molar-refractivity contribution >= 4 is 11.9 Å². The Morgan fingerprint density at radius 3 is 2.77 bits per heavy atom. The lowest BCUT2D eigenvalue weighted by molar-refractivity contribution is -0.130. The van der Waals surface area contributed by atoms with Crippen LogP contribution in [0.3, 0.4) is 0 Å². The molecule has 26 heavy (non-hydrogen) atoms. The Bertz CT molecular complexity index is 793. The van der Waals surface area contributed by atoms with E-state index in [2.05, 4.69) is 5.32 Å². The van der Waals surface area contributed by atoms with Crippen molar-refractivity contribution in [3.63, 3.8) is 0 Å². The van der Waals surface area contributed by atoms with Gasteiger partial charge in [-0.05, 0) is 35.9 Å². The van der Waals surface area contributed by atoms with Gasteiger partial charge in [0.2, 0.25) is 0 Å². The SMILES string of the molecule is O=C1O[C@@H](C(=O)NC[C@@H](O)COc2ccc(F)cc2)Cc2ccccc21. The number of fused-ring (bicyclic) bond motifs is 1. The topological polar surface area (TPSA) is 84.9 Å². The van der Waals surface area contributed by atoms with Crippen molar-refractivity contribution < 1.29 is 28.6 Å². The van der Waals surface area contributed by atoms with Crippen molar-refractivity contribution in [1.82, 2.24) is 5.32 Å². The first-order valence-corrected chi connectivity index (χ1v) is 8.16. The summed E-state index contributed by atoms with van der Waals surface area (Å²) in [5, 5.41) is 12.4. The number of rotatable bonds is 6. The largest absolute Gasteiger partial charge is 0.491 e. The summed E-state index contributed by atoms with van der Waals surface area (Å²) in [7, 11) is 0. The van der Waals surface area contributed by atoms with Crippen LogP contribution in [0.15, 0.2) is 48.5 Å². The van der Waals surface area contributed by atoms with E-state index in [1.54, 1.807) is 24.3 Å². The zero-order chi connectivity index (χ0) is 18.5. The minimum absolute atomic E-state index is 0.0598. The molecule has 2 aromatic carbocycles.